The minimum absolute atomic E-state index is 0.168. The minimum Gasteiger partial charge on any atom is -0.319 e. The summed E-state index contributed by atoms with van der Waals surface area (Å²) in [6.07, 6.45) is 2.02. The van der Waals surface area contributed by atoms with Crippen molar-refractivity contribution in [2.45, 2.75) is 26.7 Å². The number of halogens is 1. The minimum atomic E-state index is -0.168. The van der Waals surface area contributed by atoms with Crippen molar-refractivity contribution >= 4 is 0 Å². The van der Waals surface area contributed by atoms with E-state index in [0.29, 0.717) is 5.92 Å². The normalized spacial score (nSPS) is 12.4. The summed E-state index contributed by atoms with van der Waals surface area (Å²) < 4.78 is 13.0. The van der Waals surface area contributed by atoms with Crippen molar-refractivity contribution in [1.29, 1.82) is 0 Å². The van der Waals surface area contributed by atoms with Crippen LogP contribution in [-0.4, -0.2) is 13.6 Å². The number of nitrogens with one attached hydrogen (secondary N) is 1. The Bertz CT molecular complexity index is 554. The smallest absolute Gasteiger partial charge is 0.123 e. The maximum absolute atomic E-state index is 13.0. The molecule has 2 heteroatoms. The first kappa shape index (κ1) is 15.7. The predicted molar refractivity (Wildman–Crippen MR) is 87.1 cm³/mol. The number of benzene rings is 2. The van der Waals surface area contributed by atoms with E-state index in [1.54, 1.807) is 12.1 Å². The SMILES string of the molecule is CNCC(Cc1ccc(F)cc1)Cc1c(C)cccc1C. The van der Waals surface area contributed by atoms with Gasteiger partial charge in [-0.15, -0.1) is 0 Å². The van der Waals surface area contributed by atoms with E-state index in [9.17, 15) is 4.39 Å². The van der Waals surface area contributed by atoms with Gasteiger partial charge in [0.25, 0.3) is 0 Å². The van der Waals surface area contributed by atoms with Gasteiger partial charge in [-0.1, -0.05) is 30.3 Å². The molecule has 0 spiro atoms. The molecule has 0 aromatic heterocycles. The zero-order chi connectivity index (χ0) is 15.2. The Morgan fingerprint density at radius 2 is 1.57 bits per heavy atom. The molecule has 0 aliphatic rings. The van der Waals surface area contributed by atoms with E-state index in [-0.39, 0.29) is 5.82 Å². The molecule has 0 bridgehead atoms. The fraction of sp³-hybridized carbons (Fsp3) is 0.368. The third kappa shape index (κ3) is 4.40. The zero-order valence-corrected chi connectivity index (χ0v) is 13.1. The van der Waals surface area contributed by atoms with E-state index in [4.69, 9.17) is 0 Å². The predicted octanol–water partition coefficient (Wildman–Crippen LogP) is 4.06. The van der Waals surface area contributed by atoms with E-state index in [1.165, 1.54) is 22.3 Å². The second kappa shape index (κ2) is 7.37. The summed E-state index contributed by atoms with van der Waals surface area (Å²) in [5.74, 6) is 0.346. The van der Waals surface area contributed by atoms with Crippen molar-refractivity contribution in [2.75, 3.05) is 13.6 Å². The van der Waals surface area contributed by atoms with Gasteiger partial charge in [0.2, 0.25) is 0 Å². The lowest BCUT2D eigenvalue weighted by Gasteiger charge is -2.19. The molecule has 0 fully saturated rings. The molecule has 0 aliphatic carbocycles. The first-order chi connectivity index (χ1) is 10.1. The Hall–Kier alpha value is -1.67. The van der Waals surface area contributed by atoms with Crippen LogP contribution in [0.2, 0.25) is 0 Å². The van der Waals surface area contributed by atoms with Gasteiger partial charge in [0.1, 0.15) is 5.82 Å². The van der Waals surface area contributed by atoms with E-state index >= 15 is 0 Å². The van der Waals surface area contributed by atoms with Crippen molar-refractivity contribution in [2.24, 2.45) is 5.92 Å². The van der Waals surface area contributed by atoms with Crippen LogP contribution in [0.1, 0.15) is 22.3 Å². The Kier molecular flexibility index (Phi) is 5.51. The van der Waals surface area contributed by atoms with Crippen LogP contribution >= 0.6 is 0 Å². The van der Waals surface area contributed by atoms with E-state index in [2.05, 4.69) is 37.4 Å². The highest BCUT2D eigenvalue weighted by molar-refractivity contribution is 5.34. The van der Waals surface area contributed by atoms with Gasteiger partial charge in [-0.05, 0) is 80.6 Å². The number of aryl methyl sites for hydroxylation is 2. The van der Waals surface area contributed by atoms with Gasteiger partial charge in [0.05, 0.1) is 0 Å². The van der Waals surface area contributed by atoms with Gasteiger partial charge in [-0.2, -0.15) is 0 Å². The lowest BCUT2D eigenvalue weighted by atomic mass is 9.88. The largest absolute Gasteiger partial charge is 0.319 e. The van der Waals surface area contributed by atoms with Gasteiger partial charge in [0, 0.05) is 0 Å². The standard InChI is InChI=1S/C19H24FN/c1-14-5-4-6-15(2)19(14)12-17(13-21-3)11-16-7-9-18(20)10-8-16/h4-10,17,21H,11-13H2,1-3H3. The Morgan fingerprint density at radius 3 is 2.14 bits per heavy atom. The molecule has 0 saturated carbocycles. The monoisotopic (exact) mass is 285 g/mol. The summed E-state index contributed by atoms with van der Waals surface area (Å²) in [7, 11) is 1.99. The molecule has 0 heterocycles. The topological polar surface area (TPSA) is 12.0 Å². The van der Waals surface area contributed by atoms with Crippen LogP contribution in [-0.2, 0) is 12.8 Å². The van der Waals surface area contributed by atoms with Crippen LogP contribution in [0.4, 0.5) is 4.39 Å². The Morgan fingerprint density at radius 1 is 0.952 bits per heavy atom. The molecule has 0 amide bonds. The number of hydrogen-bond acceptors (Lipinski definition) is 1. The summed E-state index contributed by atoms with van der Waals surface area (Å²) in [4.78, 5) is 0. The molecule has 112 valence electrons. The second-order valence-corrected chi connectivity index (χ2v) is 5.83. The number of hydrogen-bond donors (Lipinski definition) is 1. The van der Waals surface area contributed by atoms with Gasteiger partial charge < -0.3 is 5.32 Å². The van der Waals surface area contributed by atoms with Gasteiger partial charge in [0.15, 0.2) is 0 Å². The molecule has 0 aliphatic heterocycles. The molecule has 1 N–H and O–H groups in total. The van der Waals surface area contributed by atoms with Crippen LogP contribution in [0.3, 0.4) is 0 Å². The van der Waals surface area contributed by atoms with Crippen LogP contribution in [0.15, 0.2) is 42.5 Å². The van der Waals surface area contributed by atoms with Crippen molar-refractivity contribution in [3.05, 3.63) is 70.5 Å². The molecule has 2 aromatic rings. The maximum atomic E-state index is 13.0. The second-order valence-electron chi connectivity index (χ2n) is 5.83. The average molecular weight is 285 g/mol. The first-order valence-electron chi connectivity index (χ1n) is 7.54. The van der Waals surface area contributed by atoms with Crippen molar-refractivity contribution in [1.82, 2.24) is 5.32 Å². The fourth-order valence-electron chi connectivity index (χ4n) is 2.92. The molecule has 2 rings (SSSR count). The lowest BCUT2D eigenvalue weighted by molar-refractivity contribution is 0.491. The lowest BCUT2D eigenvalue weighted by Crippen LogP contribution is -2.23. The summed E-state index contributed by atoms with van der Waals surface area (Å²) in [6, 6.07) is 13.3. The Balaban J connectivity index is 2.13. The fourth-order valence-corrected chi connectivity index (χ4v) is 2.92. The summed E-state index contributed by atoms with van der Waals surface area (Å²) in [6.45, 7) is 5.32. The van der Waals surface area contributed by atoms with E-state index in [0.717, 1.165) is 19.4 Å². The van der Waals surface area contributed by atoms with Gasteiger partial charge in [-0.25, -0.2) is 4.39 Å². The average Bonchev–Trinajstić information content (AvgIpc) is 2.45. The number of rotatable bonds is 6. The molecule has 1 nitrogen and oxygen atoms in total. The van der Waals surface area contributed by atoms with Crippen LogP contribution in [0, 0.1) is 25.6 Å². The zero-order valence-electron chi connectivity index (χ0n) is 13.1. The van der Waals surface area contributed by atoms with Gasteiger partial charge >= 0.3 is 0 Å². The van der Waals surface area contributed by atoms with Crippen molar-refractivity contribution in [3.63, 3.8) is 0 Å². The highest BCUT2D eigenvalue weighted by atomic mass is 19.1. The maximum Gasteiger partial charge on any atom is 0.123 e. The molecular weight excluding hydrogens is 261 g/mol. The quantitative estimate of drug-likeness (QED) is 0.844. The van der Waals surface area contributed by atoms with Crippen molar-refractivity contribution < 1.29 is 4.39 Å². The molecule has 1 atom stereocenters. The molecular formula is C19H24FN. The summed E-state index contributed by atoms with van der Waals surface area (Å²) >= 11 is 0. The first-order valence-corrected chi connectivity index (χ1v) is 7.54. The Labute approximate surface area is 127 Å². The third-order valence-electron chi connectivity index (χ3n) is 4.07. The summed E-state index contributed by atoms with van der Waals surface area (Å²) in [5.41, 5.74) is 5.35. The van der Waals surface area contributed by atoms with Crippen LogP contribution in [0.5, 0.6) is 0 Å². The molecule has 2 aromatic carbocycles. The molecule has 0 radical (unpaired) electrons. The highest BCUT2D eigenvalue weighted by Crippen LogP contribution is 2.20. The summed E-state index contributed by atoms with van der Waals surface area (Å²) in [5, 5.41) is 3.28. The highest BCUT2D eigenvalue weighted by Gasteiger charge is 2.13. The van der Waals surface area contributed by atoms with Crippen molar-refractivity contribution in [3.8, 4) is 0 Å². The van der Waals surface area contributed by atoms with E-state index < -0.39 is 0 Å². The van der Waals surface area contributed by atoms with Crippen LogP contribution < -0.4 is 5.32 Å². The van der Waals surface area contributed by atoms with E-state index in [1.807, 2.05) is 19.2 Å². The van der Waals surface area contributed by atoms with Crippen LogP contribution in [0.25, 0.3) is 0 Å². The molecule has 0 saturated heterocycles. The molecule has 21 heavy (non-hydrogen) atoms. The third-order valence-corrected chi connectivity index (χ3v) is 4.07. The molecule has 1 unspecified atom stereocenters. The van der Waals surface area contributed by atoms with Gasteiger partial charge in [-0.3, -0.25) is 0 Å².